The molecule has 0 amide bonds. The number of nitrogens with one attached hydrogen (secondary N) is 1. The fourth-order valence-electron chi connectivity index (χ4n) is 2.66. The van der Waals surface area contributed by atoms with Crippen LogP contribution < -0.4 is 5.32 Å². The van der Waals surface area contributed by atoms with Gasteiger partial charge in [0.25, 0.3) is 0 Å². The Kier molecular flexibility index (Phi) is 3.24. The van der Waals surface area contributed by atoms with Gasteiger partial charge in [-0.3, -0.25) is 4.98 Å². The number of pyridine rings is 1. The van der Waals surface area contributed by atoms with Crippen LogP contribution in [-0.2, 0) is 0 Å². The first-order chi connectivity index (χ1) is 8.45. The van der Waals surface area contributed by atoms with Gasteiger partial charge in [-0.1, -0.05) is 13.8 Å². The van der Waals surface area contributed by atoms with Gasteiger partial charge in [0, 0.05) is 29.9 Å². The van der Waals surface area contributed by atoms with Gasteiger partial charge in [-0.05, 0) is 37.0 Å². The number of anilines is 1. The minimum atomic E-state index is -0.230. The Bertz CT molecular complexity index is 603. The van der Waals surface area contributed by atoms with Crippen LogP contribution in [0.2, 0.25) is 0 Å². The van der Waals surface area contributed by atoms with Crippen LogP contribution in [0.5, 0.6) is 0 Å². The van der Waals surface area contributed by atoms with Gasteiger partial charge in [0.05, 0.1) is 5.52 Å². The van der Waals surface area contributed by atoms with Crippen molar-refractivity contribution in [1.29, 1.82) is 0 Å². The van der Waals surface area contributed by atoms with E-state index in [1.165, 1.54) is 11.6 Å². The Morgan fingerprint density at radius 2 is 1.89 bits per heavy atom. The van der Waals surface area contributed by atoms with Crippen LogP contribution >= 0.6 is 0 Å². The number of halogens is 1. The number of benzene rings is 1. The van der Waals surface area contributed by atoms with Crippen molar-refractivity contribution in [2.75, 3.05) is 12.4 Å². The second-order valence-electron chi connectivity index (χ2n) is 5.01. The van der Waals surface area contributed by atoms with E-state index in [2.05, 4.69) is 24.1 Å². The van der Waals surface area contributed by atoms with Gasteiger partial charge in [0.15, 0.2) is 0 Å². The van der Waals surface area contributed by atoms with Gasteiger partial charge in [-0.2, -0.15) is 0 Å². The van der Waals surface area contributed by atoms with Gasteiger partial charge in [0.2, 0.25) is 0 Å². The number of fused-ring (bicyclic) bond motifs is 1. The summed E-state index contributed by atoms with van der Waals surface area (Å²) in [4.78, 5) is 4.55. The highest BCUT2D eigenvalue weighted by atomic mass is 19.1. The number of rotatable bonds is 2. The maximum atomic E-state index is 13.5. The van der Waals surface area contributed by atoms with Crippen molar-refractivity contribution in [3.63, 3.8) is 0 Å². The molecule has 0 bridgehead atoms. The topological polar surface area (TPSA) is 24.9 Å². The monoisotopic (exact) mass is 246 g/mol. The van der Waals surface area contributed by atoms with E-state index in [4.69, 9.17) is 0 Å². The number of hydrogen-bond acceptors (Lipinski definition) is 2. The van der Waals surface area contributed by atoms with Crippen molar-refractivity contribution >= 4 is 16.6 Å². The zero-order chi connectivity index (χ0) is 13.4. The molecule has 0 aliphatic carbocycles. The molecule has 0 spiro atoms. The molecule has 0 saturated heterocycles. The Morgan fingerprint density at radius 3 is 2.44 bits per heavy atom. The molecule has 2 rings (SSSR count). The molecule has 0 fully saturated rings. The standard InChI is InChI=1S/C15H19FN2/c1-8(2)13-10(4)18-12-7-11(16)6-9(3)14(12)15(13)17-5/h6-8H,1-5H3,(H,17,18). The third kappa shape index (κ3) is 1.94. The Hall–Kier alpha value is -1.64. The number of nitrogens with zero attached hydrogens (tertiary/aromatic N) is 1. The molecule has 18 heavy (non-hydrogen) atoms. The van der Waals surface area contributed by atoms with Crippen molar-refractivity contribution < 1.29 is 4.39 Å². The zero-order valence-corrected chi connectivity index (χ0v) is 11.6. The number of aryl methyl sites for hydroxylation is 2. The molecule has 96 valence electrons. The van der Waals surface area contributed by atoms with Gasteiger partial charge in [0.1, 0.15) is 5.82 Å². The van der Waals surface area contributed by atoms with Gasteiger partial charge in [-0.25, -0.2) is 4.39 Å². The van der Waals surface area contributed by atoms with Gasteiger partial charge >= 0.3 is 0 Å². The first-order valence-corrected chi connectivity index (χ1v) is 6.23. The zero-order valence-electron chi connectivity index (χ0n) is 11.6. The molecular formula is C15H19FN2. The lowest BCUT2D eigenvalue weighted by Gasteiger charge is -2.19. The van der Waals surface area contributed by atoms with E-state index >= 15 is 0 Å². The van der Waals surface area contributed by atoms with E-state index in [0.29, 0.717) is 5.92 Å². The highest BCUT2D eigenvalue weighted by molar-refractivity contribution is 5.96. The third-order valence-corrected chi connectivity index (χ3v) is 3.30. The van der Waals surface area contributed by atoms with Gasteiger partial charge in [-0.15, -0.1) is 0 Å². The molecule has 2 nitrogen and oxygen atoms in total. The van der Waals surface area contributed by atoms with Crippen LogP contribution in [0, 0.1) is 19.7 Å². The minimum Gasteiger partial charge on any atom is -0.387 e. The fraction of sp³-hybridized carbons (Fsp3) is 0.400. The Balaban J connectivity index is 2.94. The second-order valence-corrected chi connectivity index (χ2v) is 5.01. The van der Waals surface area contributed by atoms with E-state index in [0.717, 1.165) is 27.8 Å². The molecule has 1 aromatic heterocycles. The molecule has 0 aliphatic rings. The van der Waals surface area contributed by atoms with Crippen molar-refractivity contribution in [2.24, 2.45) is 0 Å². The molecule has 3 heteroatoms. The summed E-state index contributed by atoms with van der Waals surface area (Å²) in [7, 11) is 1.91. The lowest BCUT2D eigenvalue weighted by molar-refractivity contribution is 0.628. The predicted octanol–water partition coefficient (Wildman–Crippen LogP) is 4.16. The summed E-state index contributed by atoms with van der Waals surface area (Å²) >= 11 is 0. The van der Waals surface area contributed by atoms with Crippen LogP contribution in [0.15, 0.2) is 12.1 Å². The molecule has 1 aromatic carbocycles. The quantitative estimate of drug-likeness (QED) is 0.860. The molecule has 0 saturated carbocycles. The first-order valence-electron chi connectivity index (χ1n) is 6.23. The van der Waals surface area contributed by atoms with E-state index in [9.17, 15) is 4.39 Å². The van der Waals surface area contributed by atoms with E-state index < -0.39 is 0 Å². The molecule has 1 heterocycles. The van der Waals surface area contributed by atoms with E-state index in [-0.39, 0.29) is 5.82 Å². The Morgan fingerprint density at radius 1 is 1.22 bits per heavy atom. The average molecular weight is 246 g/mol. The maximum Gasteiger partial charge on any atom is 0.125 e. The molecule has 0 unspecified atom stereocenters. The first kappa shape index (κ1) is 12.8. The summed E-state index contributed by atoms with van der Waals surface area (Å²) in [5.74, 6) is 0.153. The summed E-state index contributed by atoms with van der Waals surface area (Å²) in [5.41, 5.74) is 4.89. The smallest absolute Gasteiger partial charge is 0.125 e. The highest BCUT2D eigenvalue weighted by Crippen LogP contribution is 2.35. The SMILES string of the molecule is CNc1c(C(C)C)c(C)nc2cc(F)cc(C)c12. The Labute approximate surface area is 107 Å². The summed E-state index contributed by atoms with van der Waals surface area (Å²) in [6, 6.07) is 3.06. The highest BCUT2D eigenvalue weighted by Gasteiger charge is 2.16. The van der Waals surface area contributed by atoms with Crippen LogP contribution in [-0.4, -0.2) is 12.0 Å². The molecule has 0 atom stereocenters. The van der Waals surface area contributed by atoms with E-state index in [1.807, 2.05) is 20.9 Å². The second kappa shape index (κ2) is 4.56. The van der Waals surface area contributed by atoms with Gasteiger partial charge < -0.3 is 5.32 Å². The molecule has 0 radical (unpaired) electrons. The minimum absolute atomic E-state index is 0.230. The fourth-order valence-corrected chi connectivity index (χ4v) is 2.66. The summed E-state index contributed by atoms with van der Waals surface area (Å²) < 4.78 is 13.5. The normalized spacial score (nSPS) is 11.3. The van der Waals surface area contributed by atoms with Crippen LogP contribution in [0.4, 0.5) is 10.1 Å². The molecular weight excluding hydrogens is 227 g/mol. The predicted molar refractivity (Wildman–Crippen MR) is 74.8 cm³/mol. The van der Waals surface area contributed by atoms with Crippen LogP contribution in [0.3, 0.4) is 0 Å². The van der Waals surface area contributed by atoms with Crippen molar-refractivity contribution in [3.8, 4) is 0 Å². The molecule has 2 aromatic rings. The summed E-state index contributed by atoms with van der Waals surface area (Å²) in [6.45, 7) is 8.20. The largest absolute Gasteiger partial charge is 0.387 e. The molecule has 1 N–H and O–H groups in total. The number of hydrogen-bond donors (Lipinski definition) is 1. The lowest BCUT2D eigenvalue weighted by atomic mass is 9.95. The maximum absolute atomic E-state index is 13.5. The van der Waals surface area contributed by atoms with Crippen molar-refractivity contribution in [1.82, 2.24) is 4.98 Å². The molecule has 0 aliphatic heterocycles. The average Bonchev–Trinajstić information content (AvgIpc) is 2.25. The number of aromatic nitrogens is 1. The van der Waals surface area contributed by atoms with Crippen LogP contribution in [0.25, 0.3) is 10.9 Å². The summed E-state index contributed by atoms with van der Waals surface area (Å²) in [5, 5.41) is 4.28. The van der Waals surface area contributed by atoms with Crippen molar-refractivity contribution in [2.45, 2.75) is 33.6 Å². The van der Waals surface area contributed by atoms with E-state index in [1.54, 1.807) is 6.07 Å². The lowest BCUT2D eigenvalue weighted by Crippen LogP contribution is -2.05. The summed E-state index contributed by atoms with van der Waals surface area (Å²) in [6.07, 6.45) is 0. The van der Waals surface area contributed by atoms with Crippen LogP contribution in [0.1, 0.15) is 36.6 Å². The third-order valence-electron chi connectivity index (χ3n) is 3.30. The van der Waals surface area contributed by atoms with Crippen molar-refractivity contribution in [3.05, 3.63) is 34.8 Å².